The molecule has 35 heavy (non-hydrogen) atoms. The van der Waals surface area contributed by atoms with Crippen molar-refractivity contribution in [3.05, 3.63) is 67.9 Å². The van der Waals surface area contributed by atoms with E-state index in [-0.39, 0.29) is 29.5 Å². The number of benzene rings is 2. The van der Waals surface area contributed by atoms with Crippen molar-refractivity contribution in [2.75, 3.05) is 6.61 Å². The Hall–Kier alpha value is -3.52. The number of ketones is 1. The first-order valence-corrected chi connectivity index (χ1v) is 12.0. The van der Waals surface area contributed by atoms with Crippen molar-refractivity contribution in [2.45, 2.75) is 64.8 Å². The third kappa shape index (κ3) is 3.91. The maximum atomic E-state index is 13.2. The molecule has 2 aliphatic rings. The number of carbonyl (C=O) groups excluding carboxylic acids is 1. The number of hydrogen-bond donors (Lipinski definition) is 0. The summed E-state index contributed by atoms with van der Waals surface area (Å²) in [5, 5.41) is 3.76. The zero-order valence-corrected chi connectivity index (χ0v) is 20.0. The smallest absolute Gasteiger partial charge is 0.336 e. The molecule has 8 nitrogen and oxygen atoms in total. The predicted octanol–water partition coefficient (Wildman–Crippen LogP) is 6.10. The van der Waals surface area contributed by atoms with Gasteiger partial charge in [0.2, 0.25) is 0 Å². The minimum atomic E-state index is -0.535. The van der Waals surface area contributed by atoms with Gasteiger partial charge in [-0.3, -0.25) is 4.79 Å². The molecule has 0 aliphatic carbocycles. The lowest BCUT2D eigenvalue weighted by Crippen LogP contribution is -2.29. The Kier molecular flexibility index (Phi) is 6.15. The van der Waals surface area contributed by atoms with E-state index in [1.54, 1.807) is 12.1 Å². The highest BCUT2D eigenvalue weighted by molar-refractivity contribution is 6.12. The van der Waals surface area contributed by atoms with Crippen molar-refractivity contribution in [1.82, 2.24) is 0 Å². The minimum absolute atomic E-state index is 0.142. The molecule has 0 saturated carbocycles. The van der Waals surface area contributed by atoms with E-state index in [1.165, 1.54) is 6.07 Å². The van der Waals surface area contributed by atoms with Crippen LogP contribution >= 0.6 is 0 Å². The van der Waals surface area contributed by atoms with Crippen LogP contribution in [0.5, 0.6) is 11.5 Å². The normalized spacial score (nSPS) is 21.1. The monoisotopic (exact) mass is 477 g/mol. The molecule has 3 unspecified atom stereocenters. The second-order valence-electron chi connectivity index (χ2n) is 8.98. The van der Waals surface area contributed by atoms with Crippen LogP contribution in [0, 0.1) is 4.91 Å². The Balaban J connectivity index is 1.85. The number of rotatable bonds is 6. The van der Waals surface area contributed by atoms with Crippen LogP contribution < -0.4 is 15.1 Å². The van der Waals surface area contributed by atoms with E-state index < -0.39 is 17.8 Å². The quantitative estimate of drug-likeness (QED) is 0.312. The van der Waals surface area contributed by atoms with E-state index in [0.717, 1.165) is 12.0 Å². The van der Waals surface area contributed by atoms with Gasteiger partial charge in [0.15, 0.2) is 11.4 Å². The van der Waals surface area contributed by atoms with Gasteiger partial charge in [-0.1, -0.05) is 31.5 Å². The largest absolute Gasteiger partial charge is 0.489 e. The van der Waals surface area contributed by atoms with Gasteiger partial charge in [-0.2, -0.15) is 0 Å². The molecule has 8 heteroatoms. The van der Waals surface area contributed by atoms with E-state index in [0.29, 0.717) is 53.1 Å². The van der Waals surface area contributed by atoms with Gasteiger partial charge >= 0.3 is 5.63 Å². The summed E-state index contributed by atoms with van der Waals surface area (Å²) in [7, 11) is 0. The number of carbonyl (C=O) groups is 1. The number of nitrogens with zero attached hydrogens (tertiary/aromatic N) is 1. The molecule has 5 rings (SSSR count). The third-order valence-electron chi connectivity index (χ3n) is 6.56. The maximum absolute atomic E-state index is 13.2. The zero-order chi connectivity index (χ0) is 24.7. The Morgan fingerprint density at radius 3 is 2.66 bits per heavy atom. The van der Waals surface area contributed by atoms with Crippen molar-refractivity contribution in [3.8, 4) is 11.5 Å². The lowest BCUT2D eigenvalue weighted by Gasteiger charge is -2.37. The Bertz CT molecular complexity index is 1380. The van der Waals surface area contributed by atoms with E-state index in [1.807, 2.05) is 32.9 Å². The lowest BCUT2D eigenvalue weighted by atomic mass is 9.86. The van der Waals surface area contributed by atoms with Gasteiger partial charge in [0.1, 0.15) is 35.0 Å². The van der Waals surface area contributed by atoms with E-state index in [2.05, 4.69) is 5.18 Å². The van der Waals surface area contributed by atoms with E-state index in [4.69, 9.17) is 18.6 Å². The Morgan fingerprint density at radius 1 is 1.11 bits per heavy atom. The molecular weight excluding hydrogens is 450 g/mol. The average Bonchev–Trinajstić information content (AvgIpc) is 2.83. The van der Waals surface area contributed by atoms with E-state index in [9.17, 15) is 14.5 Å². The van der Waals surface area contributed by atoms with Crippen LogP contribution in [0.15, 0.2) is 44.7 Å². The first-order valence-electron chi connectivity index (χ1n) is 12.0. The summed E-state index contributed by atoms with van der Waals surface area (Å²) in [6.45, 7) is 6.16. The summed E-state index contributed by atoms with van der Waals surface area (Å²) in [4.78, 5) is 37.3. The van der Waals surface area contributed by atoms with Gasteiger partial charge in [0.05, 0.1) is 17.1 Å². The van der Waals surface area contributed by atoms with Gasteiger partial charge < -0.3 is 18.6 Å². The lowest BCUT2D eigenvalue weighted by molar-refractivity contribution is 0.00331. The fourth-order valence-corrected chi connectivity index (χ4v) is 5.19. The highest BCUT2D eigenvalue weighted by Crippen LogP contribution is 2.54. The fourth-order valence-electron chi connectivity index (χ4n) is 5.19. The van der Waals surface area contributed by atoms with Crippen molar-refractivity contribution in [1.29, 1.82) is 0 Å². The van der Waals surface area contributed by atoms with Crippen LogP contribution in [0.3, 0.4) is 0 Å². The van der Waals surface area contributed by atoms with Gasteiger partial charge in [-0.15, -0.1) is 4.91 Å². The molecule has 1 aromatic heterocycles. The van der Waals surface area contributed by atoms with Crippen LogP contribution in [0.25, 0.3) is 11.0 Å². The summed E-state index contributed by atoms with van der Waals surface area (Å²) < 4.78 is 24.6. The Morgan fingerprint density at radius 2 is 1.91 bits per heavy atom. The van der Waals surface area contributed by atoms with Crippen molar-refractivity contribution < 1.29 is 23.4 Å². The average molecular weight is 478 g/mol. The zero-order valence-electron chi connectivity index (χ0n) is 20.0. The van der Waals surface area contributed by atoms with Gasteiger partial charge in [-0.25, -0.2) is 4.79 Å². The van der Waals surface area contributed by atoms with E-state index >= 15 is 0 Å². The molecule has 0 spiro atoms. The number of aryl methyl sites for hydroxylation is 1. The van der Waals surface area contributed by atoms with Crippen LogP contribution in [0.1, 0.15) is 79.3 Å². The van der Waals surface area contributed by atoms with Gasteiger partial charge in [0, 0.05) is 31.1 Å². The highest BCUT2D eigenvalue weighted by atomic mass is 16.5. The molecule has 0 radical (unpaired) electrons. The molecule has 2 aromatic carbocycles. The first kappa shape index (κ1) is 23.2. The van der Waals surface area contributed by atoms with Crippen LogP contribution in [-0.4, -0.2) is 18.5 Å². The number of hydrogen-bond acceptors (Lipinski definition) is 8. The first-order chi connectivity index (χ1) is 17.0. The molecular formula is C27H27NO7. The molecule has 3 heterocycles. The number of fused-ring (bicyclic) bond motifs is 6. The maximum Gasteiger partial charge on any atom is 0.336 e. The second-order valence-corrected chi connectivity index (χ2v) is 8.98. The standard InChI is InChI=1S/C27H27NO7/c1-4-8-15-12-21(30)35-25-22(15)26-24(27-23(25)18(29)11-14(3)33-27)20(32-5-2)13-19(34-26)16-9-6-7-10-17(16)28-31/h6-7,9-10,12,14,19-20H,4-5,8,11,13H2,1-3H3. The molecule has 3 aromatic rings. The third-order valence-corrected chi connectivity index (χ3v) is 6.56. The highest BCUT2D eigenvalue weighted by Gasteiger charge is 2.41. The molecule has 0 fully saturated rings. The number of Topliss-reactive ketones (excluding diaryl/α,β-unsaturated/α-hetero) is 1. The second kappa shape index (κ2) is 9.26. The molecule has 182 valence electrons. The summed E-state index contributed by atoms with van der Waals surface area (Å²) in [5.41, 5.74) is 2.24. The predicted molar refractivity (Wildman–Crippen MR) is 130 cm³/mol. The molecule has 0 saturated heterocycles. The topological polar surface area (TPSA) is 104 Å². The van der Waals surface area contributed by atoms with Gasteiger partial charge in [0.25, 0.3) is 0 Å². The van der Waals surface area contributed by atoms with Crippen molar-refractivity contribution >= 4 is 22.4 Å². The summed E-state index contributed by atoms with van der Waals surface area (Å²) >= 11 is 0. The van der Waals surface area contributed by atoms with Crippen LogP contribution in [0.4, 0.5) is 5.69 Å². The van der Waals surface area contributed by atoms with Crippen LogP contribution in [-0.2, 0) is 11.2 Å². The number of nitroso groups, excluding NO2 is 1. The fraction of sp³-hybridized carbons (Fsp3) is 0.407. The van der Waals surface area contributed by atoms with Crippen molar-refractivity contribution in [2.24, 2.45) is 5.18 Å². The summed E-state index contributed by atoms with van der Waals surface area (Å²) in [6, 6.07) is 8.49. The van der Waals surface area contributed by atoms with Crippen molar-refractivity contribution in [3.63, 3.8) is 0 Å². The molecule has 0 amide bonds. The summed E-state index contributed by atoms with van der Waals surface area (Å²) in [5.74, 6) is 0.672. The Labute approximate surface area is 202 Å². The minimum Gasteiger partial charge on any atom is -0.489 e. The van der Waals surface area contributed by atoms with Crippen LogP contribution in [0.2, 0.25) is 0 Å². The molecule has 2 aliphatic heterocycles. The number of ether oxygens (including phenoxy) is 3. The van der Waals surface area contributed by atoms with Gasteiger partial charge in [-0.05, 0) is 37.1 Å². The SMILES string of the molecule is CCCc1cc(=O)oc2c3c(c4c(c12)OC(c1ccccc1N=O)CC4OCC)OC(C)CC3=O. The molecule has 0 bridgehead atoms. The molecule has 3 atom stereocenters. The molecule has 0 N–H and O–H groups in total. The summed E-state index contributed by atoms with van der Waals surface area (Å²) in [6.07, 6.45) is 0.613.